The van der Waals surface area contributed by atoms with Gasteiger partial charge in [-0.1, -0.05) is 0 Å². The van der Waals surface area contributed by atoms with Crippen LogP contribution in [0.2, 0.25) is 0 Å². The van der Waals surface area contributed by atoms with E-state index in [-0.39, 0.29) is 18.6 Å². The molecular formula is C13H20N2O3S. The maximum absolute atomic E-state index is 12.4. The first-order valence-corrected chi connectivity index (χ1v) is 7.37. The van der Waals surface area contributed by atoms with Gasteiger partial charge in [-0.25, -0.2) is 0 Å². The zero-order valence-electron chi connectivity index (χ0n) is 11.1. The second-order valence-electron chi connectivity index (χ2n) is 4.73. The number of thiophene rings is 1. The van der Waals surface area contributed by atoms with Crippen molar-refractivity contribution in [3.8, 4) is 0 Å². The molecule has 19 heavy (non-hydrogen) atoms. The molecule has 0 aromatic carbocycles. The lowest BCUT2D eigenvalue weighted by Gasteiger charge is -2.37. The first-order chi connectivity index (χ1) is 9.22. The quantitative estimate of drug-likeness (QED) is 0.856. The van der Waals surface area contributed by atoms with E-state index in [1.165, 1.54) is 11.3 Å². The molecule has 0 spiro atoms. The van der Waals surface area contributed by atoms with Gasteiger partial charge in [0, 0.05) is 25.0 Å². The van der Waals surface area contributed by atoms with Gasteiger partial charge in [-0.05, 0) is 18.5 Å². The van der Waals surface area contributed by atoms with Crippen LogP contribution >= 0.6 is 11.3 Å². The SMILES string of the molecule is CN(CCO)CC1COCCN1C(=O)c1ccsc1. The van der Waals surface area contributed by atoms with Gasteiger partial charge in [-0.15, -0.1) is 0 Å². The normalized spacial score (nSPS) is 19.9. The van der Waals surface area contributed by atoms with Gasteiger partial charge in [-0.2, -0.15) is 11.3 Å². The summed E-state index contributed by atoms with van der Waals surface area (Å²) in [7, 11) is 1.94. The van der Waals surface area contributed by atoms with Gasteiger partial charge >= 0.3 is 0 Å². The molecule has 0 saturated carbocycles. The molecule has 106 valence electrons. The highest BCUT2D eigenvalue weighted by atomic mass is 32.1. The van der Waals surface area contributed by atoms with Crippen LogP contribution < -0.4 is 0 Å². The van der Waals surface area contributed by atoms with Crippen LogP contribution in [0, 0.1) is 0 Å². The Kier molecular flexibility index (Phi) is 5.33. The highest BCUT2D eigenvalue weighted by Gasteiger charge is 2.28. The van der Waals surface area contributed by atoms with Crippen LogP contribution in [0.3, 0.4) is 0 Å². The molecule has 1 fully saturated rings. The van der Waals surface area contributed by atoms with Gasteiger partial charge in [0.1, 0.15) is 0 Å². The van der Waals surface area contributed by atoms with Crippen molar-refractivity contribution in [2.24, 2.45) is 0 Å². The Morgan fingerprint density at radius 3 is 3.21 bits per heavy atom. The number of amides is 1. The van der Waals surface area contributed by atoms with Gasteiger partial charge in [0.05, 0.1) is 31.4 Å². The smallest absolute Gasteiger partial charge is 0.255 e. The highest BCUT2D eigenvalue weighted by Crippen LogP contribution is 2.15. The fourth-order valence-corrected chi connectivity index (χ4v) is 2.88. The van der Waals surface area contributed by atoms with Crippen molar-refractivity contribution in [2.75, 3.05) is 46.5 Å². The van der Waals surface area contributed by atoms with Crippen molar-refractivity contribution < 1.29 is 14.6 Å². The van der Waals surface area contributed by atoms with E-state index in [0.29, 0.717) is 26.3 Å². The van der Waals surface area contributed by atoms with E-state index in [1.807, 2.05) is 33.7 Å². The van der Waals surface area contributed by atoms with Crippen LogP contribution in [-0.4, -0.2) is 73.4 Å². The molecule has 0 radical (unpaired) electrons. The van der Waals surface area contributed by atoms with Crippen LogP contribution in [0.15, 0.2) is 16.8 Å². The van der Waals surface area contributed by atoms with Crippen LogP contribution in [0.25, 0.3) is 0 Å². The summed E-state index contributed by atoms with van der Waals surface area (Å²) in [6.07, 6.45) is 0. The number of morpholine rings is 1. The molecule has 1 unspecified atom stereocenters. The summed E-state index contributed by atoms with van der Waals surface area (Å²) in [6, 6.07) is 1.91. The Bertz CT molecular complexity index is 397. The Balaban J connectivity index is 2.01. The van der Waals surface area contributed by atoms with Crippen LogP contribution in [0.4, 0.5) is 0 Å². The van der Waals surface area contributed by atoms with Crippen molar-refractivity contribution in [2.45, 2.75) is 6.04 Å². The predicted molar refractivity (Wildman–Crippen MR) is 74.5 cm³/mol. The number of aliphatic hydroxyl groups is 1. The molecule has 1 aromatic rings. The average molecular weight is 284 g/mol. The maximum atomic E-state index is 12.4. The molecule has 0 bridgehead atoms. The first-order valence-electron chi connectivity index (χ1n) is 6.42. The Labute approximate surface area is 117 Å². The van der Waals surface area contributed by atoms with E-state index < -0.39 is 0 Å². The number of ether oxygens (including phenoxy) is 1. The molecule has 1 saturated heterocycles. The topological polar surface area (TPSA) is 53.0 Å². The van der Waals surface area contributed by atoms with E-state index in [1.54, 1.807) is 0 Å². The minimum Gasteiger partial charge on any atom is -0.395 e. The predicted octanol–water partition coefficient (Wildman–Crippen LogP) is 0.513. The second kappa shape index (κ2) is 7.00. The number of nitrogens with zero attached hydrogens (tertiary/aromatic N) is 2. The lowest BCUT2D eigenvalue weighted by Crippen LogP contribution is -2.53. The van der Waals surface area contributed by atoms with Crippen molar-refractivity contribution in [1.82, 2.24) is 9.80 Å². The standard InChI is InChI=1S/C13H20N2O3S/c1-14(3-5-16)8-12-9-18-6-4-15(12)13(17)11-2-7-19-10-11/h2,7,10,12,16H,3-6,8-9H2,1H3. The van der Waals surface area contributed by atoms with Crippen molar-refractivity contribution in [3.63, 3.8) is 0 Å². The second-order valence-corrected chi connectivity index (χ2v) is 5.51. The molecule has 1 atom stereocenters. The fraction of sp³-hybridized carbons (Fsp3) is 0.615. The zero-order chi connectivity index (χ0) is 13.7. The number of carbonyl (C=O) groups excluding carboxylic acids is 1. The van der Waals surface area contributed by atoms with E-state index in [9.17, 15) is 4.79 Å². The molecule has 1 aliphatic heterocycles. The fourth-order valence-electron chi connectivity index (χ4n) is 2.25. The van der Waals surface area contributed by atoms with Gasteiger partial charge < -0.3 is 19.6 Å². The minimum absolute atomic E-state index is 0.0534. The molecule has 2 heterocycles. The van der Waals surface area contributed by atoms with Gasteiger partial charge in [-0.3, -0.25) is 4.79 Å². The largest absolute Gasteiger partial charge is 0.395 e. The van der Waals surface area contributed by atoms with Gasteiger partial charge in [0.2, 0.25) is 0 Å². The summed E-state index contributed by atoms with van der Waals surface area (Å²) in [6.45, 7) is 3.24. The van der Waals surface area contributed by atoms with Crippen LogP contribution in [0.1, 0.15) is 10.4 Å². The number of likely N-dealkylation sites (N-methyl/N-ethyl adjacent to an activating group) is 1. The zero-order valence-corrected chi connectivity index (χ0v) is 11.9. The summed E-state index contributed by atoms with van der Waals surface area (Å²) >= 11 is 1.53. The minimum atomic E-state index is 0.0534. The van der Waals surface area contributed by atoms with E-state index in [2.05, 4.69) is 0 Å². The number of carbonyl (C=O) groups is 1. The number of hydrogen-bond acceptors (Lipinski definition) is 5. The molecule has 1 aromatic heterocycles. The molecule has 2 rings (SSSR count). The van der Waals surface area contributed by atoms with Gasteiger partial charge in [0.25, 0.3) is 5.91 Å². The molecule has 1 N–H and O–H groups in total. The molecule has 1 amide bonds. The molecule has 0 aliphatic carbocycles. The Hall–Kier alpha value is -0.950. The molecule has 6 heteroatoms. The van der Waals surface area contributed by atoms with E-state index >= 15 is 0 Å². The van der Waals surface area contributed by atoms with Crippen molar-refractivity contribution in [1.29, 1.82) is 0 Å². The van der Waals surface area contributed by atoms with Gasteiger partial charge in [0.15, 0.2) is 0 Å². The highest BCUT2D eigenvalue weighted by molar-refractivity contribution is 7.08. The third kappa shape index (κ3) is 3.76. The lowest BCUT2D eigenvalue weighted by molar-refractivity contribution is -0.0109. The van der Waals surface area contributed by atoms with E-state index in [0.717, 1.165) is 12.1 Å². The molecule has 1 aliphatic rings. The number of rotatable bonds is 5. The Morgan fingerprint density at radius 2 is 2.53 bits per heavy atom. The monoisotopic (exact) mass is 284 g/mol. The Morgan fingerprint density at radius 1 is 1.68 bits per heavy atom. The summed E-state index contributed by atoms with van der Waals surface area (Å²) in [5.41, 5.74) is 0.752. The first kappa shape index (κ1) is 14.5. The average Bonchev–Trinajstić information content (AvgIpc) is 2.93. The van der Waals surface area contributed by atoms with Crippen LogP contribution in [0.5, 0.6) is 0 Å². The third-order valence-corrected chi connectivity index (χ3v) is 3.94. The van der Waals surface area contributed by atoms with Crippen LogP contribution in [-0.2, 0) is 4.74 Å². The summed E-state index contributed by atoms with van der Waals surface area (Å²) in [5.74, 6) is 0.0759. The maximum Gasteiger partial charge on any atom is 0.255 e. The van der Waals surface area contributed by atoms with E-state index in [4.69, 9.17) is 9.84 Å². The summed E-state index contributed by atoms with van der Waals surface area (Å²) in [4.78, 5) is 16.3. The number of aliphatic hydroxyl groups excluding tert-OH is 1. The summed E-state index contributed by atoms with van der Waals surface area (Å²) in [5, 5.41) is 12.7. The molecule has 5 nitrogen and oxygen atoms in total. The third-order valence-electron chi connectivity index (χ3n) is 3.26. The molecular weight excluding hydrogens is 264 g/mol. The summed E-state index contributed by atoms with van der Waals surface area (Å²) < 4.78 is 5.48. The number of hydrogen-bond donors (Lipinski definition) is 1. The lowest BCUT2D eigenvalue weighted by atomic mass is 10.1. The van der Waals surface area contributed by atoms with Crippen molar-refractivity contribution in [3.05, 3.63) is 22.4 Å². The van der Waals surface area contributed by atoms with Crippen molar-refractivity contribution >= 4 is 17.2 Å².